The maximum Gasteiger partial charge on any atom is 0.244 e. The van der Waals surface area contributed by atoms with E-state index >= 15 is 0 Å². The molecule has 1 unspecified atom stereocenters. The fraction of sp³-hybridized carbons (Fsp3) is 0.438. The highest BCUT2D eigenvalue weighted by atomic mass is 19.1. The molecular formula is C16H20FN3O3. The van der Waals surface area contributed by atoms with Crippen LogP contribution in [0, 0.1) is 5.82 Å². The van der Waals surface area contributed by atoms with Crippen LogP contribution in [-0.2, 0) is 20.8 Å². The first-order valence-corrected chi connectivity index (χ1v) is 7.44. The van der Waals surface area contributed by atoms with Crippen molar-refractivity contribution in [2.24, 2.45) is 0 Å². The van der Waals surface area contributed by atoms with Crippen molar-refractivity contribution in [3.05, 3.63) is 35.6 Å². The number of halogens is 1. The summed E-state index contributed by atoms with van der Waals surface area (Å²) in [6.45, 7) is 2.14. The van der Waals surface area contributed by atoms with Gasteiger partial charge in [0.1, 0.15) is 11.9 Å². The molecule has 1 heterocycles. The Morgan fingerprint density at radius 2 is 1.96 bits per heavy atom. The molecule has 0 spiro atoms. The van der Waals surface area contributed by atoms with Gasteiger partial charge in [0.15, 0.2) is 0 Å². The minimum absolute atomic E-state index is 0.0623. The van der Waals surface area contributed by atoms with Crippen molar-refractivity contribution >= 4 is 17.7 Å². The summed E-state index contributed by atoms with van der Waals surface area (Å²) in [6, 6.07) is 5.40. The summed E-state index contributed by atoms with van der Waals surface area (Å²) in [7, 11) is 1.49. The predicted octanol–water partition coefficient (Wildman–Crippen LogP) is 0.174. The van der Waals surface area contributed by atoms with Gasteiger partial charge in [-0.15, -0.1) is 0 Å². The number of carbonyl (C=O) groups excluding carboxylic acids is 3. The second-order valence-electron chi connectivity index (χ2n) is 5.45. The van der Waals surface area contributed by atoms with Crippen LogP contribution in [0.5, 0.6) is 0 Å². The van der Waals surface area contributed by atoms with E-state index in [2.05, 4.69) is 5.32 Å². The summed E-state index contributed by atoms with van der Waals surface area (Å²) in [5, 5.41) is 2.51. The van der Waals surface area contributed by atoms with Crippen molar-refractivity contribution in [2.45, 2.75) is 19.4 Å². The van der Waals surface area contributed by atoms with Gasteiger partial charge in [-0.25, -0.2) is 4.39 Å². The zero-order chi connectivity index (χ0) is 17.0. The quantitative estimate of drug-likeness (QED) is 0.863. The van der Waals surface area contributed by atoms with Gasteiger partial charge in [-0.2, -0.15) is 0 Å². The summed E-state index contributed by atoms with van der Waals surface area (Å²) >= 11 is 0. The van der Waals surface area contributed by atoms with Crippen LogP contribution in [0.4, 0.5) is 4.39 Å². The van der Waals surface area contributed by atoms with Crippen molar-refractivity contribution in [1.29, 1.82) is 0 Å². The Morgan fingerprint density at radius 1 is 1.26 bits per heavy atom. The largest absolute Gasteiger partial charge is 0.357 e. The first kappa shape index (κ1) is 16.9. The van der Waals surface area contributed by atoms with Crippen LogP contribution in [0.25, 0.3) is 0 Å². The van der Waals surface area contributed by atoms with E-state index in [4.69, 9.17) is 0 Å². The molecule has 1 aromatic rings. The van der Waals surface area contributed by atoms with Crippen LogP contribution in [0.2, 0.25) is 0 Å². The lowest BCUT2D eigenvalue weighted by molar-refractivity contribution is -0.146. The van der Waals surface area contributed by atoms with E-state index in [9.17, 15) is 18.8 Å². The Hall–Kier alpha value is -2.44. The first-order valence-electron chi connectivity index (χ1n) is 7.44. The minimum Gasteiger partial charge on any atom is -0.357 e. The fourth-order valence-corrected chi connectivity index (χ4v) is 2.69. The van der Waals surface area contributed by atoms with E-state index in [1.807, 2.05) is 0 Å². The van der Waals surface area contributed by atoms with Gasteiger partial charge < -0.3 is 15.1 Å². The van der Waals surface area contributed by atoms with E-state index < -0.39 is 11.9 Å². The number of piperazine rings is 1. The lowest BCUT2D eigenvalue weighted by atomic mass is 10.1. The van der Waals surface area contributed by atoms with E-state index in [-0.39, 0.29) is 37.2 Å². The maximum atomic E-state index is 13.7. The number of benzene rings is 1. The Balaban J connectivity index is 2.09. The van der Waals surface area contributed by atoms with Gasteiger partial charge in [0.25, 0.3) is 0 Å². The molecule has 0 radical (unpaired) electrons. The monoisotopic (exact) mass is 321 g/mol. The second kappa shape index (κ2) is 7.21. The summed E-state index contributed by atoms with van der Waals surface area (Å²) in [5.41, 5.74) is 0.322. The van der Waals surface area contributed by atoms with E-state index in [1.54, 1.807) is 18.2 Å². The molecule has 0 bridgehead atoms. The summed E-state index contributed by atoms with van der Waals surface area (Å²) in [4.78, 5) is 38.9. The second-order valence-corrected chi connectivity index (χ2v) is 5.45. The zero-order valence-corrected chi connectivity index (χ0v) is 13.2. The smallest absolute Gasteiger partial charge is 0.244 e. The molecule has 1 fully saturated rings. The Morgan fingerprint density at radius 3 is 2.57 bits per heavy atom. The molecule has 2 rings (SSSR count). The molecular weight excluding hydrogens is 301 g/mol. The molecule has 3 amide bonds. The molecule has 1 aromatic carbocycles. The highest BCUT2D eigenvalue weighted by molar-refractivity contribution is 5.88. The third kappa shape index (κ3) is 3.85. The predicted molar refractivity (Wildman–Crippen MR) is 81.9 cm³/mol. The minimum atomic E-state index is -0.712. The SMILES string of the molecule is CNC(=O)C1CN(C(=O)Cc2ccccc2F)CCN1C(C)=O. The molecule has 1 saturated heterocycles. The van der Waals surface area contributed by atoms with E-state index in [0.717, 1.165) is 0 Å². The number of likely N-dealkylation sites (N-methyl/N-ethyl adjacent to an activating group) is 1. The van der Waals surface area contributed by atoms with Crippen molar-refractivity contribution < 1.29 is 18.8 Å². The molecule has 6 nitrogen and oxygen atoms in total. The average molecular weight is 321 g/mol. The Bertz CT molecular complexity index is 620. The van der Waals surface area contributed by atoms with Gasteiger partial charge in [-0.3, -0.25) is 14.4 Å². The number of hydrogen-bond acceptors (Lipinski definition) is 3. The fourth-order valence-electron chi connectivity index (χ4n) is 2.69. The molecule has 0 saturated carbocycles. The lowest BCUT2D eigenvalue weighted by Gasteiger charge is -2.40. The van der Waals surface area contributed by atoms with Crippen LogP contribution in [0.15, 0.2) is 24.3 Å². The third-order valence-electron chi connectivity index (χ3n) is 3.99. The number of nitrogens with one attached hydrogen (secondary N) is 1. The highest BCUT2D eigenvalue weighted by Crippen LogP contribution is 2.14. The average Bonchev–Trinajstić information content (AvgIpc) is 2.55. The van der Waals surface area contributed by atoms with Gasteiger partial charge >= 0.3 is 0 Å². The molecule has 7 heteroatoms. The molecule has 124 valence electrons. The van der Waals surface area contributed by atoms with Crippen molar-refractivity contribution in [2.75, 3.05) is 26.7 Å². The van der Waals surface area contributed by atoms with Crippen LogP contribution < -0.4 is 5.32 Å². The van der Waals surface area contributed by atoms with Gasteiger partial charge in [0, 0.05) is 27.1 Å². The lowest BCUT2D eigenvalue weighted by Crippen LogP contribution is -2.61. The van der Waals surface area contributed by atoms with E-state index in [0.29, 0.717) is 12.1 Å². The van der Waals surface area contributed by atoms with Gasteiger partial charge in [0.2, 0.25) is 17.7 Å². The number of carbonyl (C=O) groups is 3. The molecule has 0 aliphatic carbocycles. The molecule has 1 aliphatic heterocycles. The highest BCUT2D eigenvalue weighted by Gasteiger charge is 2.35. The molecule has 23 heavy (non-hydrogen) atoms. The van der Waals surface area contributed by atoms with Gasteiger partial charge in [-0.05, 0) is 11.6 Å². The molecule has 1 atom stereocenters. The van der Waals surface area contributed by atoms with Crippen molar-refractivity contribution in [3.63, 3.8) is 0 Å². The maximum absolute atomic E-state index is 13.7. The first-order chi connectivity index (χ1) is 10.9. The van der Waals surface area contributed by atoms with Crippen molar-refractivity contribution in [1.82, 2.24) is 15.1 Å². The standard InChI is InChI=1S/C16H20FN3O3/c1-11(21)20-8-7-19(10-14(20)16(23)18-2)15(22)9-12-5-3-4-6-13(12)17/h3-6,14H,7-10H2,1-2H3,(H,18,23). The number of rotatable bonds is 3. The normalized spacial score (nSPS) is 17.8. The summed E-state index contributed by atoms with van der Waals surface area (Å²) in [5.74, 6) is -1.21. The van der Waals surface area contributed by atoms with Gasteiger partial charge in [0.05, 0.1) is 13.0 Å². The Kier molecular flexibility index (Phi) is 5.31. The molecule has 0 aromatic heterocycles. The van der Waals surface area contributed by atoms with Crippen LogP contribution in [-0.4, -0.2) is 60.2 Å². The number of hydrogen-bond donors (Lipinski definition) is 1. The summed E-state index contributed by atoms with van der Waals surface area (Å²) in [6.07, 6.45) is -0.0623. The number of amides is 3. The van der Waals surface area contributed by atoms with Crippen LogP contribution >= 0.6 is 0 Å². The Labute approximate surface area is 134 Å². The van der Waals surface area contributed by atoms with Crippen LogP contribution in [0.1, 0.15) is 12.5 Å². The van der Waals surface area contributed by atoms with Crippen LogP contribution in [0.3, 0.4) is 0 Å². The molecule has 1 aliphatic rings. The topological polar surface area (TPSA) is 69.7 Å². The number of nitrogens with zero attached hydrogens (tertiary/aromatic N) is 2. The third-order valence-corrected chi connectivity index (χ3v) is 3.99. The van der Waals surface area contributed by atoms with Crippen molar-refractivity contribution in [3.8, 4) is 0 Å². The summed E-state index contributed by atoms with van der Waals surface area (Å²) < 4.78 is 13.7. The zero-order valence-electron chi connectivity index (χ0n) is 13.2. The molecule has 1 N–H and O–H groups in total. The van der Waals surface area contributed by atoms with E-state index in [1.165, 1.54) is 29.8 Å². The van der Waals surface area contributed by atoms with Gasteiger partial charge in [-0.1, -0.05) is 18.2 Å².